The van der Waals surface area contributed by atoms with Crippen molar-refractivity contribution in [1.29, 1.82) is 0 Å². The van der Waals surface area contributed by atoms with Crippen molar-refractivity contribution in [2.75, 3.05) is 30.8 Å². The molecular weight excluding hydrogens is 502 g/mol. The lowest BCUT2D eigenvalue weighted by Crippen LogP contribution is -2.67. The van der Waals surface area contributed by atoms with Crippen LogP contribution in [-0.2, 0) is 6.61 Å². The fraction of sp³-hybridized carbons (Fsp3) is 0.273. The molecule has 2 aromatic carbocycles. The van der Waals surface area contributed by atoms with E-state index in [1.165, 1.54) is 10.6 Å². The summed E-state index contributed by atoms with van der Waals surface area (Å²) in [6, 6.07) is 3.26. The van der Waals surface area contributed by atoms with E-state index >= 15 is 4.39 Å². The lowest BCUT2D eigenvalue weighted by molar-refractivity contribution is 0.0695. The third-order valence-electron chi connectivity index (χ3n) is 6.01. The zero-order chi connectivity index (χ0) is 24.2. The summed E-state index contributed by atoms with van der Waals surface area (Å²) in [7, 11) is 1.81. The first-order valence-corrected chi connectivity index (χ1v) is 10.7. The van der Waals surface area contributed by atoms with Crippen LogP contribution in [0.5, 0.6) is 0 Å². The summed E-state index contributed by atoms with van der Waals surface area (Å²) in [6.07, 6.45) is 1.07. The van der Waals surface area contributed by atoms with Crippen molar-refractivity contribution in [3.05, 3.63) is 61.9 Å². The molecule has 0 atom stereocenters. The molecule has 0 unspecified atom stereocenters. The SMILES string of the molecule is CNC1(C)CN(c2c(F)cc3c(=O)c(C(=O)O)cn(-c4cc(N)c(F)cc4CO)c3c2Br)C1. The van der Waals surface area contributed by atoms with Gasteiger partial charge in [-0.15, -0.1) is 0 Å². The lowest BCUT2D eigenvalue weighted by atomic mass is 9.91. The highest BCUT2D eigenvalue weighted by atomic mass is 79.9. The number of benzene rings is 2. The number of aliphatic hydroxyl groups excluding tert-OH is 1. The molecule has 33 heavy (non-hydrogen) atoms. The molecule has 11 heteroatoms. The molecular formula is C22H21BrF2N4O4. The van der Waals surface area contributed by atoms with E-state index in [0.29, 0.717) is 13.1 Å². The number of nitrogens with two attached hydrogens (primary N) is 1. The second kappa shape index (κ2) is 8.08. The second-order valence-corrected chi connectivity index (χ2v) is 9.08. The fourth-order valence-electron chi connectivity index (χ4n) is 4.12. The van der Waals surface area contributed by atoms with E-state index < -0.39 is 35.2 Å². The topological polar surface area (TPSA) is 121 Å². The average Bonchev–Trinajstić information content (AvgIpc) is 2.74. The van der Waals surface area contributed by atoms with Gasteiger partial charge in [-0.2, -0.15) is 0 Å². The smallest absolute Gasteiger partial charge is 0.341 e. The Labute approximate surface area is 195 Å². The molecule has 8 nitrogen and oxygen atoms in total. The van der Waals surface area contributed by atoms with E-state index in [4.69, 9.17) is 5.73 Å². The minimum absolute atomic E-state index is 0.104. The Balaban J connectivity index is 2.09. The molecule has 0 saturated carbocycles. The standard InChI is InChI=1S/C22H21BrF2N4O4/c1-22(27-2)8-28(9-22)19-14(25)4-11-18(17(19)23)29(6-12(20(11)31)21(32)33)16-5-15(26)13(24)3-10(16)7-30/h3-6,27,30H,7-9,26H2,1-2H3,(H,32,33). The molecule has 0 spiro atoms. The highest BCUT2D eigenvalue weighted by Gasteiger charge is 2.40. The number of carboxylic acid groups (broad SMARTS) is 1. The van der Waals surface area contributed by atoms with Gasteiger partial charge in [-0.25, -0.2) is 13.6 Å². The van der Waals surface area contributed by atoms with Crippen LogP contribution in [0.15, 0.2) is 33.7 Å². The van der Waals surface area contributed by atoms with Crippen LogP contribution in [0.3, 0.4) is 0 Å². The van der Waals surface area contributed by atoms with Crippen molar-refractivity contribution in [2.24, 2.45) is 0 Å². The number of carboxylic acids is 1. The molecule has 1 aliphatic rings. The van der Waals surface area contributed by atoms with Crippen LogP contribution in [-0.4, -0.2) is 46.4 Å². The molecule has 0 aliphatic carbocycles. The monoisotopic (exact) mass is 522 g/mol. The summed E-state index contributed by atoms with van der Waals surface area (Å²) in [5.74, 6) is -2.96. The predicted octanol–water partition coefficient (Wildman–Crippen LogP) is 2.60. The zero-order valence-electron chi connectivity index (χ0n) is 17.7. The van der Waals surface area contributed by atoms with Gasteiger partial charge >= 0.3 is 5.97 Å². The van der Waals surface area contributed by atoms with Gasteiger partial charge in [0.05, 0.1) is 44.6 Å². The first-order chi connectivity index (χ1) is 15.5. The van der Waals surface area contributed by atoms with Crippen LogP contribution in [0.4, 0.5) is 20.2 Å². The number of nitrogen functional groups attached to an aromatic ring is 1. The van der Waals surface area contributed by atoms with E-state index in [1.54, 1.807) is 4.90 Å². The van der Waals surface area contributed by atoms with Crippen LogP contribution in [0.2, 0.25) is 0 Å². The minimum Gasteiger partial charge on any atom is -0.477 e. The average molecular weight is 523 g/mol. The Bertz CT molecular complexity index is 1370. The fourth-order valence-corrected chi connectivity index (χ4v) is 4.96. The number of fused-ring (bicyclic) bond motifs is 1. The van der Waals surface area contributed by atoms with E-state index in [-0.39, 0.29) is 43.5 Å². The number of aromatic nitrogens is 1. The van der Waals surface area contributed by atoms with Crippen molar-refractivity contribution >= 4 is 44.2 Å². The highest BCUT2D eigenvalue weighted by molar-refractivity contribution is 9.10. The third-order valence-corrected chi connectivity index (χ3v) is 6.77. The molecule has 0 radical (unpaired) electrons. The molecule has 1 fully saturated rings. The van der Waals surface area contributed by atoms with Gasteiger partial charge in [0.15, 0.2) is 0 Å². The van der Waals surface area contributed by atoms with E-state index in [9.17, 15) is 24.2 Å². The van der Waals surface area contributed by atoms with Crippen molar-refractivity contribution in [2.45, 2.75) is 19.1 Å². The van der Waals surface area contributed by atoms with Crippen molar-refractivity contribution in [1.82, 2.24) is 9.88 Å². The molecule has 0 amide bonds. The predicted molar refractivity (Wildman–Crippen MR) is 124 cm³/mol. The summed E-state index contributed by atoms with van der Waals surface area (Å²) >= 11 is 3.41. The number of aromatic carboxylic acids is 1. The molecule has 1 saturated heterocycles. The third kappa shape index (κ3) is 3.65. The second-order valence-electron chi connectivity index (χ2n) is 8.29. The van der Waals surface area contributed by atoms with Gasteiger partial charge in [0.2, 0.25) is 5.43 Å². The number of hydrogen-bond donors (Lipinski definition) is 4. The van der Waals surface area contributed by atoms with Gasteiger partial charge in [0.25, 0.3) is 0 Å². The zero-order valence-corrected chi connectivity index (χ0v) is 19.3. The first-order valence-electron chi connectivity index (χ1n) is 9.95. The van der Waals surface area contributed by atoms with Crippen LogP contribution in [0.25, 0.3) is 16.6 Å². The molecule has 174 valence electrons. The normalized spacial score (nSPS) is 15.0. The van der Waals surface area contributed by atoms with E-state index in [1.807, 2.05) is 14.0 Å². The number of pyridine rings is 1. The quantitative estimate of drug-likeness (QED) is 0.380. The number of aliphatic hydroxyl groups is 1. The maximum Gasteiger partial charge on any atom is 0.341 e. The molecule has 1 aliphatic heterocycles. The van der Waals surface area contributed by atoms with Crippen LogP contribution >= 0.6 is 15.9 Å². The maximum absolute atomic E-state index is 15.2. The van der Waals surface area contributed by atoms with Gasteiger partial charge in [-0.1, -0.05) is 0 Å². The van der Waals surface area contributed by atoms with Gasteiger partial charge in [-0.05, 0) is 48.1 Å². The van der Waals surface area contributed by atoms with E-state index in [0.717, 1.165) is 18.3 Å². The number of nitrogens with one attached hydrogen (secondary N) is 1. The number of rotatable bonds is 5. The number of halogens is 3. The van der Waals surface area contributed by atoms with Crippen LogP contribution < -0.4 is 21.4 Å². The minimum atomic E-state index is -1.51. The van der Waals surface area contributed by atoms with Crippen molar-refractivity contribution in [3.8, 4) is 5.69 Å². The summed E-state index contributed by atoms with van der Waals surface area (Å²) in [5, 5.41) is 22.4. The Morgan fingerprint density at radius 1 is 1.27 bits per heavy atom. The summed E-state index contributed by atoms with van der Waals surface area (Å²) in [6.45, 7) is 2.39. The molecule has 2 heterocycles. The number of likely N-dealkylation sites (N-methyl/N-ethyl adjacent to an activating group) is 1. The number of hydrogen-bond acceptors (Lipinski definition) is 6. The molecule has 4 rings (SSSR count). The Kier molecular flexibility index (Phi) is 5.67. The van der Waals surface area contributed by atoms with Crippen molar-refractivity contribution in [3.63, 3.8) is 0 Å². The van der Waals surface area contributed by atoms with E-state index in [2.05, 4.69) is 21.2 Å². The van der Waals surface area contributed by atoms with Gasteiger partial charge < -0.3 is 30.7 Å². The van der Waals surface area contributed by atoms with Crippen LogP contribution in [0.1, 0.15) is 22.8 Å². The maximum atomic E-state index is 15.2. The van der Waals surface area contributed by atoms with Gasteiger partial charge in [0.1, 0.15) is 17.2 Å². The summed E-state index contributed by atoms with van der Waals surface area (Å²) in [5.41, 5.74) is 4.42. The first kappa shape index (κ1) is 23.1. The molecule has 3 aromatic rings. The summed E-state index contributed by atoms with van der Waals surface area (Å²) in [4.78, 5) is 26.4. The van der Waals surface area contributed by atoms with Gasteiger partial charge in [0, 0.05) is 24.8 Å². The highest BCUT2D eigenvalue weighted by Crippen LogP contribution is 2.40. The lowest BCUT2D eigenvalue weighted by Gasteiger charge is -2.49. The number of carbonyl (C=O) groups is 1. The Morgan fingerprint density at radius 2 is 1.94 bits per heavy atom. The molecule has 0 bridgehead atoms. The molecule has 5 N–H and O–H groups in total. The van der Waals surface area contributed by atoms with Crippen molar-refractivity contribution < 1.29 is 23.8 Å². The molecule has 1 aromatic heterocycles. The number of nitrogens with zero attached hydrogens (tertiary/aromatic N) is 2. The summed E-state index contributed by atoms with van der Waals surface area (Å²) < 4.78 is 30.8. The Morgan fingerprint density at radius 3 is 2.52 bits per heavy atom. The largest absolute Gasteiger partial charge is 0.477 e. The number of anilines is 2. The van der Waals surface area contributed by atoms with Crippen LogP contribution in [0, 0.1) is 11.6 Å². The Hall–Kier alpha value is -3.02. The van der Waals surface area contributed by atoms with Gasteiger partial charge in [-0.3, -0.25) is 4.79 Å².